The van der Waals surface area contributed by atoms with Gasteiger partial charge in [0.15, 0.2) is 5.96 Å². The van der Waals surface area contributed by atoms with Gasteiger partial charge >= 0.3 is 0 Å². The fraction of sp³-hybridized carbons (Fsp3) is 0.125. The van der Waals surface area contributed by atoms with Gasteiger partial charge < -0.3 is 16.0 Å². The van der Waals surface area contributed by atoms with Gasteiger partial charge in [0.25, 0.3) is 0 Å². The smallest absolute Gasteiger partial charge is 0.244 e. The molecule has 0 radical (unpaired) electrons. The van der Waals surface area contributed by atoms with Gasteiger partial charge in [-0.05, 0) is 17.7 Å². The number of para-hydroxylation sites is 2. The number of nitrogens with one attached hydrogen (secondary N) is 1. The Morgan fingerprint density at radius 2 is 1.86 bits per heavy atom. The summed E-state index contributed by atoms with van der Waals surface area (Å²) >= 11 is 0. The summed E-state index contributed by atoms with van der Waals surface area (Å²) in [5.41, 5.74) is 8.77. The molecule has 21 heavy (non-hydrogen) atoms. The molecule has 1 heterocycles. The third-order valence-electron chi connectivity index (χ3n) is 3.31. The molecule has 0 saturated carbocycles. The summed E-state index contributed by atoms with van der Waals surface area (Å²) in [4.78, 5) is 17.9. The Labute approximate surface area is 123 Å². The van der Waals surface area contributed by atoms with Crippen LogP contribution in [0.15, 0.2) is 59.6 Å². The van der Waals surface area contributed by atoms with Crippen LogP contribution in [0.3, 0.4) is 0 Å². The number of fused-ring (bicyclic) bond motifs is 1. The monoisotopic (exact) mass is 280 g/mol. The van der Waals surface area contributed by atoms with Crippen molar-refractivity contribution in [2.24, 2.45) is 10.7 Å². The van der Waals surface area contributed by atoms with Crippen molar-refractivity contribution in [2.45, 2.75) is 6.54 Å². The molecule has 3 rings (SSSR count). The second-order valence-corrected chi connectivity index (χ2v) is 4.81. The molecule has 0 aromatic heterocycles. The van der Waals surface area contributed by atoms with Gasteiger partial charge in [0.1, 0.15) is 6.54 Å². The molecule has 3 N–H and O–H groups in total. The Morgan fingerprint density at radius 3 is 2.67 bits per heavy atom. The maximum atomic E-state index is 11.8. The quantitative estimate of drug-likeness (QED) is 0.652. The van der Waals surface area contributed by atoms with E-state index in [1.165, 1.54) is 0 Å². The standard InChI is InChI=1S/C16H16N4O/c17-16(18-10-12-6-2-1-3-7-12)20-11-15(21)19-13-8-4-5-9-14(13)20/h1-9H,10-11H2,(H2,17,18)(H,19,21). The first-order valence-corrected chi connectivity index (χ1v) is 6.74. The minimum Gasteiger partial charge on any atom is -0.369 e. The van der Waals surface area contributed by atoms with Gasteiger partial charge in [-0.15, -0.1) is 0 Å². The number of hydrogen-bond donors (Lipinski definition) is 2. The van der Waals surface area contributed by atoms with Crippen LogP contribution in [0.5, 0.6) is 0 Å². The molecule has 0 fully saturated rings. The van der Waals surface area contributed by atoms with Crippen LogP contribution in [0.25, 0.3) is 0 Å². The Morgan fingerprint density at radius 1 is 1.14 bits per heavy atom. The van der Waals surface area contributed by atoms with Crippen molar-refractivity contribution < 1.29 is 4.79 Å². The topological polar surface area (TPSA) is 70.7 Å². The fourth-order valence-electron chi connectivity index (χ4n) is 2.28. The predicted molar refractivity (Wildman–Crippen MR) is 84.2 cm³/mol. The molecule has 2 aromatic rings. The number of hydrogen-bond acceptors (Lipinski definition) is 2. The van der Waals surface area contributed by atoms with Gasteiger partial charge in [0.2, 0.25) is 5.91 Å². The van der Waals surface area contributed by atoms with E-state index < -0.39 is 0 Å². The fourth-order valence-corrected chi connectivity index (χ4v) is 2.28. The van der Waals surface area contributed by atoms with Crippen molar-refractivity contribution in [3.63, 3.8) is 0 Å². The lowest BCUT2D eigenvalue weighted by molar-refractivity contribution is -0.115. The van der Waals surface area contributed by atoms with E-state index in [1.54, 1.807) is 4.90 Å². The van der Waals surface area contributed by atoms with Crippen LogP contribution >= 0.6 is 0 Å². The Bertz CT molecular complexity index is 682. The minimum absolute atomic E-state index is 0.0911. The normalized spacial score (nSPS) is 14.6. The van der Waals surface area contributed by atoms with Gasteiger partial charge in [-0.3, -0.25) is 4.79 Å². The van der Waals surface area contributed by atoms with Gasteiger partial charge in [0, 0.05) is 0 Å². The number of carbonyl (C=O) groups is 1. The first-order chi connectivity index (χ1) is 10.2. The first kappa shape index (κ1) is 13.2. The van der Waals surface area contributed by atoms with Crippen LogP contribution < -0.4 is 16.0 Å². The number of carbonyl (C=O) groups excluding carboxylic acids is 1. The number of amides is 1. The molecule has 1 aliphatic rings. The SMILES string of the molecule is NC(=NCc1ccccc1)N1CC(=O)Nc2ccccc21. The number of rotatable bonds is 2. The van der Waals surface area contributed by atoms with Crippen molar-refractivity contribution in [3.8, 4) is 0 Å². The third kappa shape index (κ3) is 2.86. The molecule has 0 aliphatic carbocycles. The molecule has 0 bridgehead atoms. The van der Waals surface area contributed by atoms with E-state index in [9.17, 15) is 4.79 Å². The Hall–Kier alpha value is -2.82. The van der Waals surface area contributed by atoms with Crippen LogP contribution in [0.1, 0.15) is 5.56 Å². The Kier molecular flexibility index (Phi) is 3.55. The molecule has 1 amide bonds. The summed E-state index contributed by atoms with van der Waals surface area (Å²) in [6.07, 6.45) is 0. The molecular weight excluding hydrogens is 264 g/mol. The summed E-state index contributed by atoms with van der Waals surface area (Å²) in [7, 11) is 0. The molecule has 0 unspecified atom stereocenters. The van der Waals surface area contributed by atoms with E-state index in [1.807, 2.05) is 54.6 Å². The van der Waals surface area contributed by atoms with Crippen LogP contribution in [-0.4, -0.2) is 18.4 Å². The lowest BCUT2D eigenvalue weighted by Crippen LogP contribution is -2.45. The highest BCUT2D eigenvalue weighted by Crippen LogP contribution is 2.28. The minimum atomic E-state index is -0.0911. The lowest BCUT2D eigenvalue weighted by atomic mass is 10.2. The summed E-state index contributed by atoms with van der Waals surface area (Å²) in [6.45, 7) is 0.675. The zero-order valence-electron chi connectivity index (χ0n) is 11.5. The number of aliphatic imine (C=N–C) groups is 1. The molecular formula is C16H16N4O. The summed E-state index contributed by atoms with van der Waals surface area (Å²) in [6, 6.07) is 17.4. The molecule has 1 aliphatic heterocycles. The average molecular weight is 280 g/mol. The molecule has 5 nitrogen and oxygen atoms in total. The van der Waals surface area contributed by atoms with E-state index in [0.29, 0.717) is 12.5 Å². The number of anilines is 2. The molecule has 106 valence electrons. The van der Waals surface area contributed by atoms with Crippen LogP contribution in [0.4, 0.5) is 11.4 Å². The van der Waals surface area contributed by atoms with Crippen molar-refractivity contribution in [1.29, 1.82) is 0 Å². The maximum Gasteiger partial charge on any atom is 0.244 e. The highest BCUT2D eigenvalue weighted by molar-refractivity contribution is 6.10. The van der Waals surface area contributed by atoms with E-state index >= 15 is 0 Å². The molecule has 0 atom stereocenters. The first-order valence-electron chi connectivity index (χ1n) is 6.74. The van der Waals surface area contributed by atoms with Crippen molar-refractivity contribution in [3.05, 3.63) is 60.2 Å². The highest BCUT2D eigenvalue weighted by atomic mass is 16.2. The number of nitrogens with two attached hydrogens (primary N) is 1. The van der Waals surface area contributed by atoms with E-state index in [0.717, 1.165) is 16.9 Å². The van der Waals surface area contributed by atoms with Gasteiger partial charge in [0.05, 0.1) is 17.9 Å². The zero-order chi connectivity index (χ0) is 14.7. The molecule has 2 aromatic carbocycles. The average Bonchev–Trinajstić information content (AvgIpc) is 2.52. The second-order valence-electron chi connectivity index (χ2n) is 4.81. The zero-order valence-corrected chi connectivity index (χ0v) is 11.5. The molecule has 0 spiro atoms. The van der Waals surface area contributed by atoms with E-state index in [2.05, 4.69) is 10.3 Å². The van der Waals surface area contributed by atoms with E-state index in [-0.39, 0.29) is 12.5 Å². The summed E-state index contributed by atoms with van der Waals surface area (Å²) in [5, 5.41) is 2.83. The highest BCUT2D eigenvalue weighted by Gasteiger charge is 2.23. The van der Waals surface area contributed by atoms with Crippen molar-refractivity contribution in [2.75, 3.05) is 16.8 Å². The lowest BCUT2D eigenvalue weighted by Gasteiger charge is -2.29. The third-order valence-corrected chi connectivity index (χ3v) is 3.31. The van der Waals surface area contributed by atoms with E-state index in [4.69, 9.17) is 5.73 Å². The summed E-state index contributed by atoms with van der Waals surface area (Å²) < 4.78 is 0. The number of guanidine groups is 1. The van der Waals surface area contributed by atoms with Crippen molar-refractivity contribution >= 4 is 23.2 Å². The van der Waals surface area contributed by atoms with Gasteiger partial charge in [-0.1, -0.05) is 42.5 Å². The van der Waals surface area contributed by atoms with Crippen LogP contribution in [0.2, 0.25) is 0 Å². The Balaban J connectivity index is 1.84. The summed E-state index contributed by atoms with van der Waals surface area (Å²) in [5.74, 6) is 0.257. The van der Waals surface area contributed by atoms with Crippen LogP contribution in [0, 0.1) is 0 Å². The maximum absolute atomic E-state index is 11.8. The van der Waals surface area contributed by atoms with Gasteiger partial charge in [-0.2, -0.15) is 0 Å². The number of benzene rings is 2. The van der Waals surface area contributed by atoms with Crippen molar-refractivity contribution in [1.82, 2.24) is 0 Å². The number of nitrogens with zero attached hydrogens (tertiary/aromatic N) is 2. The van der Waals surface area contributed by atoms with Crippen LogP contribution in [-0.2, 0) is 11.3 Å². The largest absolute Gasteiger partial charge is 0.369 e. The predicted octanol–water partition coefficient (Wildman–Crippen LogP) is 1.96. The second kappa shape index (κ2) is 5.66. The molecule has 5 heteroatoms. The molecule has 0 saturated heterocycles. The van der Waals surface area contributed by atoms with Gasteiger partial charge in [-0.25, -0.2) is 4.99 Å².